The van der Waals surface area contributed by atoms with Crippen LogP contribution in [0.5, 0.6) is 0 Å². The van der Waals surface area contributed by atoms with Gasteiger partial charge < -0.3 is 0 Å². The Labute approximate surface area is 116 Å². The van der Waals surface area contributed by atoms with Crippen molar-refractivity contribution in [2.24, 2.45) is 0 Å². The van der Waals surface area contributed by atoms with Crippen molar-refractivity contribution >= 4 is 17.4 Å². The molecule has 0 fully saturated rings. The highest BCUT2D eigenvalue weighted by Crippen LogP contribution is 2.33. The lowest BCUT2D eigenvalue weighted by atomic mass is 10.2. The van der Waals surface area contributed by atoms with E-state index < -0.39 is 16.6 Å². The average Bonchev–Trinajstić information content (AvgIpc) is 2.43. The number of halogens is 2. The van der Waals surface area contributed by atoms with Crippen molar-refractivity contribution in [2.45, 2.75) is 9.79 Å². The second-order valence-corrected chi connectivity index (χ2v) is 4.82. The summed E-state index contributed by atoms with van der Waals surface area (Å²) >= 11 is 0.798. The summed E-state index contributed by atoms with van der Waals surface area (Å²) in [5, 5.41) is 19.1. The highest BCUT2D eigenvalue weighted by Gasteiger charge is 2.13. The number of rotatable bonds is 3. The molecule has 0 radical (unpaired) electrons. The molecule has 20 heavy (non-hydrogen) atoms. The predicted octanol–water partition coefficient (Wildman–Crippen LogP) is 3.90. The zero-order valence-electron chi connectivity index (χ0n) is 9.84. The number of nitro benzene ring substituents is 1. The highest BCUT2D eigenvalue weighted by atomic mass is 32.2. The number of hydrogen-bond donors (Lipinski definition) is 0. The number of hydrogen-bond acceptors (Lipinski definition) is 4. The first-order valence-electron chi connectivity index (χ1n) is 5.32. The fourth-order valence-electron chi connectivity index (χ4n) is 1.48. The van der Waals surface area contributed by atoms with E-state index in [1.807, 2.05) is 0 Å². The Morgan fingerprint density at radius 2 is 1.70 bits per heavy atom. The number of nitrogens with zero attached hydrogens (tertiary/aromatic N) is 2. The molecule has 0 unspecified atom stereocenters. The van der Waals surface area contributed by atoms with Crippen LogP contribution in [-0.2, 0) is 0 Å². The van der Waals surface area contributed by atoms with E-state index in [0.29, 0.717) is 4.90 Å². The van der Waals surface area contributed by atoms with Crippen LogP contribution in [0, 0.1) is 33.1 Å². The summed E-state index contributed by atoms with van der Waals surface area (Å²) in [7, 11) is 0. The molecule has 2 rings (SSSR count). The van der Waals surface area contributed by atoms with Crippen LogP contribution in [0.2, 0.25) is 0 Å². The van der Waals surface area contributed by atoms with Gasteiger partial charge in [0.15, 0.2) is 0 Å². The van der Waals surface area contributed by atoms with Gasteiger partial charge in [-0.15, -0.1) is 0 Å². The van der Waals surface area contributed by atoms with Gasteiger partial charge in [0, 0.05) is 17.0 Å². The van der Waals surface area contributed by atoms with E-state index in [1.54, 1.807) is 6.07 Å². The van der Waals surface area contributed by atoms with Gasteiger partial charge in [-0.2, -0.15) is 5.26 Å². The summed E-state index contributed by atoms with van der Waals surface area (Å²) in [6, 6.07) is 8.85. The van der Waals surface area contributed by atoms with Crippen molar-refractivity contribution in [1.29, 1.82) is 5.26 Å². The molecule has 0 saturated carbocycles. The number of nitro groups is 1. The maximum Gasteiger partial charge on any atom is 0.269 e. The van der Waals surface area contributed by atoms with E-state index in [9.17, 15) is 18.9 Å². The van der Waals surface area contributed by atoms with E-state index in [0.717, 1.165) is 23.9 Å². The van der Waals surface area contributed by atoms with Gasteiger partial charge in [0.25, 0.3) is 5.69 Å². The molecule has 2 aromatic rings. The van der Waals surface area contributed by atoms with Gasteiger partial charge in [-0.25, -0.2) is 8.78 Å². The van der Waals surface area contributed by atoms with Crippen LogP contribution in [0.15, 0.2) is 46.2 Å². The molecule has 0 aliphatic carbocycles. The molecule has 100 valence electrons. The summed E-state index contributed by atoms with van der Waals surface area (Å²) < 4.78 is 27.3. The van der Waals surface area contributed by atoms with Crippen molar-refractivity contribution in [3.8, 4) is 6.07 Å². The third kappa shape index (κ3) is 2.92. The highest BCUT2D eigenvalue weighted by molar-refractivity contribution is 7.99. The standard InChI is InChI=1S/C13H6F2N2O2S/c14-11-5-8(7-16)6-12(15)13(11)20-10-3-1-9(2-4-10)17(18)19/h1-6H. The first-order valence-corrected chi connectivity index (χ1v) is 6.14. The molecule has 0 aliphatic heterocycles. The number of nitriles is 1. The Kier molecular flexibility index (Phi) is 3.96. The molecule has 0 bridgehead atoms. The minimum Gasteiger partial charge on any atom is -0.258 e. The van der Waals surface area contributed by atoms with E-state index >= 15 is 0 Å². The van der Waals surface area contributed by atoms with Crippen molar-refractivity contribution in [2.75, 3.05) is 0 Å². The number of benzene rings is 2. The van der Waals surface area contributed by atoms with Gasteiger partial charge in [-0.1, -0.05) is 11.8 Å². The Balaban J connectivity index is 2.31. The molecule has 0 aliphatic rings. The first-order chi connectivity index (χ1) is 9.51. The lowest BCUT2D eigenvalue weighted by Gasteiger charge is -2.05. The van der Waals surface area contributed by atoms with E-state index in [1.165, 1.54) is 24.3 Å². The number of non-ortho nitro benzene ring substituents is 1. The lowest BCUT2D eigenvalue weighted by molar-refractivity contribution is -0.384. The van der Waals surface area contributed by atoms with Gasteiger partial charge >= 0.3 is 0 Å². The zero-order chi connectivity index (χ0) is 14.7. The first kappa shape index (κ1) is 14.0. The summed E-state index contributed by atoms with van der Waals surface area (Å²) in [4.78, 5) is 10.1. The Morgan fingerprint density at radius 1 is 1.15 bits per heavy atom. The molecule has 7 heteroatoms. The van der Waals surface area contributed by atoms with E-state index in [-0.39, 0.29) is 16.1 Å². The second-order valence-electron chi connectivity index (χ2n) is 3.73. The minimum absolute atomic E-state index is 0.102. The lowest BCUT2D eigenvalue weighted by Crippen LogP contribution is -1.91. The smallest absolute Gasteiger partial charge is 0.258 e. The SMILES string of the molecule is N#Cc1cc(F)c(Sc2ccc([N+](=O)[O-])cc2)c(F)c1. The van der Waals surface area contributed by atoms with Crippen LogP contribution in [0.4, 0.5) is 14.5 Å². The molecule has 0 aromatic heterocycles. The van der Waals surface area contributed by atoms with Gasteiger partial charge in [-0.05, 0) is 24.3 Å². The maximum absolute atomic E-state index is 13.7. The molecule has 0 atom stereocenters. The minimum atomic E-state index is -0.843. The topological polar surface area (TPSA) is 66.9 Å². The Bertz CT molecular complexity index is 688. The maximum atomic E-state index is 13.7. The largest absolute Gasteiger partial charge is 0.269 e. The van der Waals surface area contributed by atoms with Crippen LogP contribution in [-0.4, -0.2) is 4.92 Å². The molecular formula is C13H6F2N2O2S. The molecule has 2 aromatic carbocycles. The zero-order valence-corrected chi connectivity index (χ0v) is 10.7. The predicted molar refractivity (Wildman–Crippen MR) is 68.3 cm³/mol. The quantitative estimate of drug-likeness (QED) is 0.635. The van der Waals surface area contributed by atoms with Crippen LogP contribution >= 0.6 is 11.8 Å². The molecular weight excluding hydrogens is 286 g/mol. The molecule has 0 N–H and O–H groups in total. The van der Waals surface area contributed by atoms with Crippen LogP contribution in [0.25, 0.3) is 0 Å². The molecule has 0 heterocycles. The van der Waals surface area contributed by atoms with Crippen molar-refractivity contribution in [3.05, 3.63) is 63.7 Å². The monoisotopic (exact) mass is 292 g/mol. The van der Waals surface area contributed by atoms with Crippen LogP contribution in [0.1, 0.15) is 5.56 Å². The second kappa shape index (κ2) is 5.67. The van der Waals surface area contributed by atoms with Crippen molar-refractivity contribution in [1.82, 2.24) is 0 Å². The summed E-state index contributed by atoms with van der Waals surface area (Å²) in [5.41, 5.74) is -0.205. The molecule has 4 nitrogen and oxygen atoms in total. The van der Waals surface area contributed by atoms with E-state index in [4.69, 9.17) is 5.26 Å². The fraction of sp³-hybridized carbons (Fsp3) is 0. The molecule has 0 spiro atoms. The van der Waals surface area contributed by atoms with E-state index in [2.05, 4.69) is 0 Å². The summed E-state index contributed by atoms with van der Waals surface area (Å²) in [6.07, 6.45) is 0. The molecule has 0 amide bonds. The normalized spacial score (nSPS) is 10.1. The Hall–Kier alpha value is -2.46. The van der Waals surface area contributed by atoms with Crippen molar-refractivity contribution < 1.29 is 13.7 Å². The van der Waals surface area contributed by atoms with Gasteiger partial charge in [0.1, 0.15) is 11.6 Å². The van der Waals surface area contributed by atoms with Crippen LogP contribution < -0.4 is 0 Å². The van der Waals surface area contributed by atoms with Crippen molar-refractivity contribution in [3.63, 3.8) is 0 Å². The van der Waals surface area contributed by atoms with Gasteiger partial charge in [-0.3, -0.25) is 10.1 Å². The van der Waals surface area contributed by atoms with Gasteiger partial charge in [0.05, 0.1) is 21.5 Å². The fourth-order valence-corrected chi connectivity index (χ4v) is 2.30. The summed E-state index contributed by atoms with van der Waals surface area (Å²) in [5.74, 6) is -1.69. The summed E-state index contributed by atoms with van der Waals surface area (Å²) in [6.45, 7) is 0. The van der Waals surface area contributed by atoms with Gasteiger partial charge in [0.2, 0.25) is 0 Å². The molecule has 0 saturated heterocycles. The average molecular weight is 292 g/mol. The third-order valence-corrected chi connectivity index (χ3v) is 3.50. The third-order valence-electron chi connectivity index (χ3n) is 2.39. The van der Waals surface area contributed by atoms with Crippen LogP contribution in [0.3, 0.4) is 0 Å². The Morgan fingerprint density at radius 3 is 2.15 bits per heavy atom.